The van der Waals surface area contributed by atoms with E-state index in [1.807, 2.05) is 34.6 Å². The van der Waals surface area contributed by atoms with Crippen molar-refractivity contribution in [2.75, 3.05) is 6.54 Å². The Kier molecular flexibility index (Phi) is 5.48. The Bertz CT molecular complexity index is 255. The van der Waals surface area contributed by atoms with Gasteiger partial charge in [-0.25, -0.2) is 0 Å². The van der Waals surface area contributed by atoms with Crippen molar-refractivity contribution in [1.82, 2.24) is 4.90 Å². The third kappa shape index (κ3) is 5.73. The van der Waals surface area contributed by atoms with Crippen LogP contribution in [0.5, 0.6) is 0 Å². The standard InChI is InChI=1S/C12H23NO3/c1-6-9(2)13(8-11(15)16)10(14)7-12(3,4)5/h9H,6-8H2,1-5H3,(H,15,16). The Morgan fingerprint density at radius 3 is 2.12 bits per heavy atom. The lowest BCUT2D eigenvalue weighted by Crippen LogP contribution is -2.43. The maximum atomic E-state index is 12.0. The number of hydrogen-bond donors (Lipinski definition) is 1. The first-order chi connectivity index (χ1) is 7.17. The van der Waals surface area contributed by atoms with Crippen LogP contribution >= 0.6 is 0 Å². The number of aliphatic carboxylic acids is 1. The van der Waals surface area contributed by atoms with Crippen LogP contribution in [-0.2, 0) is 9.59 Å². The van der Waals surface area contributed by atoms with Crippen molar-refractivity contribution in [1.29, 1.82) is 0 Å². The molecule has 4 nitrogen and oxygen atoms in total. The Labute approximate surface area is 97.6 Å². The molecule has 0 aromatic heterocycles. The molecule has 0 aliphatic carbocycles. The molecule has 1 N–H and O–H groups in total. The summed E-state index contributed by atoms with van der Waals surface area (Å²) in [6, 6.07) is -0.0223. The predicted molar refractivity (Wildman–Crippen MR) is 63.2 cm³/mol. The molecule has 0 saturated heterocycles. The van der Waals surface area contributed by atoms with Crippen LogP contribution in [-0.4, -0.2) is 34.5 Å². The summed E-state index contributed by atoms with van der Waals surface area (Å²) < 4.78 is 0. The summed E-state index contributed by atoms with van der Waals surface area (Å²) >= 11 is 0. The average Bonchev–Trinajstić information content (AvgIpc) is 2.09. The molecule has 0 aliphatic heterocycles. The quantitative estimate of drug-likeness (QED) is 0.785. The van der Waals surface area contributed by atoms with Crippen molar-refractivity contribution >= 4 is 11.9 Å². The van der Waals surface area contributed by atoms with Crippen molar-refractivity contribution in [3.63, 3.8) is 0 Å². The van der Waals surface area contributed by atoms with E-state index in [0.717, 1.165) is 6.42 Å². The first kappa shape index (κ1) is 14.9. The Hall–Kier alpha value is -1.06. The molecule has 0 heterocycles. The molecule has 0 aromatic rings. The highest BCUT2D eigenvalue weighted by atomic mass is 16.4. The Morgan fingerprint density at radius 2 is 1.81 bits per heavy atom. The molecule has 0 saturated carbocycles. The zero-order valence-corrected chi connectivity index (χ0v) is 10.9. The summed E-state index contributed by atoms with van der Waals surface area (Å²) in [6.07, 6.45) is 1.15. The number of carboxylic acid groups (broad SMARTS) is 1. The molecule has 0 fully saturated rings. The minimum absolute atomic E-state index is 0.0223. The van der Waals surface area contributed by atoms with Crippen molar-refractivity contribution < 1.29 is 14.7 Å². The van der Waals surface area contributed by atoms with Crippen LogP contribution in [0.15, 0.2) is 0 Å². The number of rotatable bonds is 5. The van der Waals surface area contributed by atoms with E-state index >= 15 is 0 Å². The largest absolute Gasteiger partial charge is 0.480 e. The zero-order valence-electron chi connectivity index (χ0n) is 10.9. The van der Waals surface area contributed by atoms with Gasteiger partial charge in [-0.05, 0) is 18.8 Å². The zero-order chi connectivity index (χ0) is 12.9. The van der Waals surface area contributed by atoms with Gasteiger partial charge in [0.2, 0.25) is 5.91 Å². The van der Waals surface area contributed by atoms with Crippen LogP contribution < -0.4 is 0 Å². The highest BCUT2D eigenvalue weighted by Gasteiger charge is 2.25. The monoisotopic (exact) mass is 229 g/mol. The topological polar surface area (TPSA) is 57.6 Å². The van der Waals surface area contributed by atoms with Gasteiger partial charge in [0.25, 0.3) is 0 Å². The molecule has 0 radical (unpaired) electrons. The second-order valence-corrected chi connectivity index (χ2v) is 5.41. The summed E-state index contributed by atoms with van der Waals surface area (Å²) in [6.45, 7) is 9.54. The summed E-state index contributed by atoms with van der Waals surface area (Å²) in [7, 11) is 0. The summed E-state index contributed by atoms with van der Waals surface area (Å²) in [5.74, 6) is -1.04. The van der Waals surface area contributed by atoms with E-state index in [1.165, 1.54) is 4.90 Å². The van der Waals surface area contributed by atoms with E-state index in [4.69, 9.17) is 5.11 Å². The Morgan fingerprint density at radius 1 is 1.31 bits per heavy atom. The van der Waals surface area contributed by atoms with Crippen LogP contribution in [0.4, 0.5) is 0 Å². The van der Waals surface area contributed by atoms with Crippen LogP contribution in [0.25, 0.3) is 0 Å². The number of amides is 1. The number of carbonyl (C=O) groups is 2. The molecule has 16 heavy (non-hydrogen) atoms. The van der Waals surface area contributed by atoms with Gasteiger partial charge in [-0.15, -0.1) is 0 Å². The highest BCUT2D eigenvalue weighted by Crippen LogP contribution is 2.21. The SMILES string of the molecule is CCC(C)N(CC(=O)O)C(=O)CC(C)(C)C. The molecule has 0 aliphatic rings. The molecule has 4 heteroatoms. The van der Waals surface area contributed by atoms with Crippen molar-refractivity contribution in [2.24, 2.45) is 5.41 Å². The van der Waals surface area contributed by atoms with Gasteiger partial charge in [0.15, 0.2) is 0 Å². The maximum absolute atomic E-state index is 12.0. The lowest BCUT2D eigenvalue weighted by molar-refractivity contribution is -0.147. The molecular weight excluding hydrogens is 206 g/mol. The van der Waals surface area contributed by atoms with E-state index < -0.39 is 5.97 Å². The minimum Gasteiger partial charge on any atom is -0.480 e. The van der Waals surface area contributed by atoms with Gasteiger partial charge in [-0.1, -0.05) is 27.7 Å². The van der Waals surface area contributed by atoms with E-state index in [1.54, 1.807) is 0 Å². The van der Waals surface area contributed by atoms with Gasteiger partial charge in [-0.3, -0.25) is 9.59 Å². The van der Waals surface area contributed by atoms with Crippen LogP contribution in [0, 0.1) is 5.41 Å². The number of carbonyl (C=O) groups excluding carboxylic acids is 1. The fraction of sp³-hybridized carbons (Fsp3) is 0.833. The van der Waals surface area contributed by atoms with Gasteiger partial charge < -0.3 is 10.0 Å². The first-order valence-corrected chi connectivity index (χ1v) is 5.68. The van der Waals surface area contributed by atoms with Gasteiger partial charge in [0.1, 0.15) is 6.54 Å². The third-order valence-electron chi connectivity index (χ3n) is 2.43. The van der Waals surface area contributed by atoms with E-state index in [2.05, 4.69) is 0 Å². The van der Waals surface area contributed by atoms with Crippen molar-refractivity contribution in [3.05, 3.63) is 0 Å². The third-order valence-corrected chi connectivity index (χ3v) is 2.43. The van der Waals surface area contributed by atoms with Gasteiger partial charge in [0.05, 0.1) is 0 Å². The molecule has 1 unspecified atom stereocenters. The first-order valence-electron chi connectivity index (χ1n) is 5.68. The highest BCUT2D eigenvalue weighted by molar-refractivity contribution is 5.82. The van der Waals surface area contributed by atoms with Gasteiger partial charge in [-0.2, -0.15) is 0 Å². The summed E-state index contributed by atoms with van der Waals surface area (Å²) in [5, 5.41) is 8.78. The van der Waals surface area contributed by atoms with Crippen LogP contribution in [0.2, 0.25) is 0 Å². The van der Waals surface area contributed by atoms with E-state index in [9.17, 15) is 9.59 Å². The molecule has 0 aromatic carbocycles. The van der Waals surface area contributed by atoms with Crippen molar-refractivity contribution in [3.8, 4) is 0 Å². The summed E-state index contributed by atoms with van der Waals surface area (Å²) in [5.41, 5.74) is -0.110. The van der Waals surface area contributed by atoms with E-state index in [0.29, 0.717) is 6.42 Å². The summed E-state index contributed by atoms with van der Waals surface area (Å²) in [4.78, 5) is 24.1. The average molecular weight is 229 g/mol. The molecule has 0 rings (SSSR count). The normalized spacial score (nSPS) is 13.3. The fourth-order valence-corrected chi connectivity index (χ4v) is 1.41. The lowest BCUT2D eigenvalue weighted by Gasteiger charge is -2.30. The molecule has 1 amide bonds. The molecule has 1 atom stereocenters. The number of carboxylic acids is 1. The smallest absolute Gasteiger partial charge is 0.323 e. The number of nitrogens with zero attached hydrogens (tertiary/aromatic N) is 1. The maximum Gasteiger partial charge on any atom is 0.323 e. The molecule has 94 valence electrons. The Balaban J connectivity index is 4.63. The molecular formula is C12H23NO3. The van der Waals surface area contributed by atoms with Crippen LogP contribution in [0.3, 0.4) is 0 Å². The van der Waals surface area contributed by atoms with Gasteiger partial charge in [0, 0.05) is 12.5 Å². The lowest BCUT2D eigenvalue weighted by atomic mass is 9.91. The fourth-order valence-electron chi connectivity index (χ4n) is 1.41. The van der Waals surface area contributed by atoms with Gasteiger partial charge >= 0.3 is 5.97 Å². The van der Waals surface area contributed by atoms with E-state index in [-0.39, 0.29) is 23.9 Å². The van der Waals surface area contributed by atoms with Crippen molar-refractivity contribution in [2.45, 2.75) is 53.5 Å². The number of hydrogen-bond acceptors (Lipinski definition) is 2. The minimum atomic E-state index is -0.956. The second-order valence-electron chi connectivity index (χ2n) is 5.41. The second kappa shape index (κ2) is 5.87. The molecule has 0 spiro atoms. The predicted octanol–water partition coefficient (Wildman–Crippen LogP) is 2.13. The van der Waals surface area contributed by atoms with Crippen LogP contribution in [0.1, 0.15) is 47.5 Å². The molecule has 0 bridgehead atoms.